The first-order valence-electron chi connectivity index (χ1n) is 4.39. The number of hydrogen-bond donors (Lipinski definition) is 0. The highest BCUT2D eigenvalue weighted by Gasteiger charge is 2.01. The van der Waals surface area contributed by atoms with E-state index in [1.54, 1.807) is 13.8 Å². The van der Waals surface area contributed by atoms with E-state index in [4.69, 9.17) is 11.6 Å². The number of rotatable bonds is 1. The molecule has 14 heavy (non-hydrogen) atoms. The fourth-order valence-electron chi connectivity index (χ4n) is 0.554. The molecule has 0 aromatic rings. The van der Waals surface area contributed by atoms with Crippen molar-refractivity contribution in [1.82, 2.24) is 0 Å². The van der Waals surface area contributed by atoms with E-state index in [-0.39, 0.29) is 0 Å². The second kappa shape index (κ2) is 5.67. The molecule has 0 radical (unpaired) electrons. The fraction of sp³-hybridized carbons (Fsp3) is 0.417. The van der Waals surface area contributed by atoms with Gasteiger partial charge in [-0.25, -0.2) is 0 Å². The molecule has 0 spiro atoms. The highest BCUT2D eigenvalue weighted by atomic mass is 35.5. The zero-order chi connectivity index (χ0) is 11.3. The Kier molecular flexibility index (Phi) is 5.27. The molecule has 0 fully saturated rings. The van der Waals surface area contributed by atoms with Crippen LogP contribution in [0.4, 0.5) is 0 Å². The Balaban J connectivity index is 4.96. The van der Waals surface area contributed by atoms with Gasteiger partial charge in [-0.05, 0) is 51.8 Å². The van der Waals surface area contributed by atoms with E-state index in [1.807, 2.05) is 20.8 Å². The van der Waals surface area contributed by atoms with Crippen LogP contribution in [0.1, 0.15) is 34.6 Å². The normalized spacial score (nSPS) is 11.0. The van der Waals surface area contributed by atoms with Crippen LogP contribution in [-0.4, -0.2) is 5.24 Å². The Bertz CT molecular complexity index is 358. The van der Waals surface area contributed by atoms with Crippen LogP contribution in [0.5, 0.6) is 0 Å². The summed E-state index contributed by atoms with van der Waals surface area (Å²) in [6, 6.07) is 0. The number of carbonyl (C=O) groups excluding carboxylic acids is 1. The summed E-state index contributed by atoms with van der Waals surface area (Å²) in [6.45, 7) is 9.43. The van der Waals surface area contributed by atoms with Crippen molar-refractivity contribution in [3.05, 3.63) is 22.3 Å². The largest absolute Gasteiger partial charge is 0.276 e. The van der Waals surface area contributed by atoms with Crippen LogP contribution < -0.4 is 0 Å². The molecule has 0 N–H and O–H groups in total. The number of allylic oxidation sites excluding steroid dienone is 4. The zero-order valence-corrected chi connectivity index (χ0v) is 10.0. The smallest absolute Gasteiger partial charge is 0.248 e. The second-order valence-corrected chi connectivity index (χ2v) is 3.74. The Morgan fingerprint density at radius 3 is 1.71 bits per heavy atom. The second-order valence-electron chi connectivity index (χ2n) is 3.40. The molecule has 0 rings (SSSR count). The first-order valence-corrected chi connectivity index (χ1v) is 4.77. The lowest BCUT2D eigenvalue weighted by molar-refractivity contribution is -0.108. The Morgan fingerprint density at radius 2 is 1.36 bits per heavy atom. The lowest BCUT2D eigenvalue weighted by Crippen LogP contribution is -1.91. The molecule has 76 valence electrons. The van der Waals surface area contributed by atoms with Crippen LogP contribution >= 0.6 is 11.6 Å². The van der Waals surface area contributed by atoms with Crippen molar-refractivity contribution in [2.75, 3.05) is 0 Å². The van der Waals surface area contributed by atoms with Gasteiger partial charge in [-0.15, -0.1) is 0 Å². The maximum Gasteiger partial charge on any atom is 0.248 e. The zero-order valence-electron chi connectivity index (χ0n) is 9.29. The quantitative estimate of drug-likeness (QED) is 0.368. The number of hydrogen-bond acceptors (Lipinski definition) is 1. The Morgan fingerprint density at radius 1 is 0.929 bits per heavy atom. The van der Waals surface area contributed by atoms with E-state index in [2.05, 4.69) is 11.8 Å². The van der Waals surface area contributed by atoms with Gasteiger partial charge in [-0.2, -0.15) is 0 Å². The summed E-state index contributed by atoms with van der Waals surface area (Å²) in [5, 5.41) is -0.438. The number of carbonyl (C=O) groups is 1. The van der Waals surface area contributed by atoms with Crippen LogP contribution in [0.15, 0.2) is 22.3 Å². The van der Waals surface area contributed by atoms with Crippen LogP contribution in [0.2, 0.25) is 0 Å². The third kappa shape index (κ3) is 4.30. The average molecular weight is 211 g/mol. The third-order valence-corrected chi connectivity index (χ3v) is 2.33. The van der Waals surface area contributed by atoms with E-state index < -0.39 is 5.24 Å². The summed E-state index contributed by atoms with van der Waals surface area (Å²) in [5.74, 6) is 5.89. The van der Waals surface area contributed by atoms with Crippen molar-refractivity contribution in [3.8, 4) is 11.8 Å². The van der Waals surface area contributed by atoms with E-state index in [1.165, 1.54) is 5.57 Å². The molecule has 0 amide bonds. The molecule has 0 unspecified atom stereocenters. The molecule has 0 bridgehead atoms. The molecule has 0 aromatic carbocycles. The first kappa shape index (κ1) is 13.0. The van der Waals surface area contributed by atoms with E-state index >= 15 is 0 Å². The van der Waals surface area contributed by atoms with Crippen molar-refractivity contribution in [3.63, 3.8) is 0 Å². The molecule has 0 saturated carbocycles. The van der Waals surface area contributed by atoms with E-state index in [0.29, 0.717) is 5.57 Å². The first-order chi connectivity index (χ1) is 6.36. The van der Waals surface area contributed by atoms with Gasteiger partial charge < -0.3 is 0 Å². The molecule has 0 saturated heterocycles. The summed E-state index contributed by atoms with van der Waals surface area (Å²) < 4.78 is 0. The van der Waals surface area contributed by atoms with Crippen LogP contribution in [0, 0.1) is 11.8 Å². The lowest BCUT2D eigenvalue weighted by atomic mass is 10.1. The molecule has 0 heterocycles. The minimum atomic E-state index is -0.438. The van der Waals surface area contributed by atoms with Crippen LogP contribution in [0.25, 0.3) is 0 Å². The molecule has 0 atom stereocenters. The van der Waals surface area contributed by atoms with Gasteiger partial charge in [0, 0.05) is 11.1 Å². The maximum absolute atomic E-state index is 10.8. The van der Waals surface area contributed by atoms with Gasteiger partial charge in [-0.1, -0.05) is 17.4 Å². The monoisotopic (exact) mass is 210 g/mol. The average Bonchev–Trinajstić information content (AvgIpc) is 2.11. The third-order valence-electron chi connectivity index (χ3n) is 2.04. The van der Waals surface area contributed by atoms with Gasteiger partial charge in [0.25, 0.3) is 0 Å². The SMILES string of the molecule is CC(C)=C(C)C#CC(C)=C(C)C(=O)Cl. The predicted molar refractivity (Wildman–Crippen MR) is 61.1 cm³/mol. The van der Waals surface area contributed by atoms with Gasteiger partial charge in [0.05, 0.1) is 0 Å². The van der Waals surface area contributed by atoms with Crippen molar-refractivity contribution in [2.45, 2.75) is 34.6 Å². The van der Waals surface area contributed by atoms with E-state index in [9.17, 15) is 4.79 Å². The highest BCUT2D eigenvalue weighted by molar-refractivity contribution is 6.67. The minimum absolute atomic E-state index is 0.438. The van der Waals surface area contributed by atoms with Crippen LogP contribution in [0.3, 0.4) is 0 Å². The van der Waals surface area contributed by atoms with Gasteiger partial charge in [0.2, 0.25) is 5.24 Å². The summed E-state index contributed by atoms with van der Waals surface area (Å²) in [6.07, 6.45) is 0. The van der Waals surface area contributed by atoms with Gasteiger partial charge >= 0.3 is 0 Å². The summed E-state index contributed by atoms with van der Waals surface area (Å²) >= 11 is 5.32. The molecular weight excluding hydrogens is 196 g/mol. The molecule has 0 aliphatic heterocycles. The molecular formula is C12H15ClO. The summed E-state index contributed by atoms with van der Waals surface area (Å²) in [5.41, 5.74) is 3.45. The fourth-order valence-corrected chi connectivity index (χ4v) is 0.695. The predicted octanol–water partition coefficient (Wildman–Crippen LogP) is 3.45. The topological polar surface area (TPSA) is 17.1 Å². The molecule has 0 aromatic heterocycles. The van der Waals surface area contributed by atoms with Gasteiger partial charge in [0.15, 0.2) is 0 Å². The van der Waals surface area contributed by atoms with E-state index in [0.717, 1.165) is 11.1 Å². The summed E-state index contributed by atoms with van der Waals surface area (Å²) in [7, 11) is 0. The maximum atomic E-state index is 10.8. The lowest BCUT2D eigenvalue weighted by Gasteiger charge is -1.94. The molecule has 2 heteroatoms. The molecule has 0 aliphatic carbocycles. The minimum Gasteiger partial charge on any atom is -0.276 e. The standard InChI is InChI=1S/C12H15ClO/c1-8(2)9(3)6-7-10(4)11(5)12(13)14/h1-5H3. The molecule has 1 nitrogen and oxygen atoms in total. The Labute approximate surface area is 90.8 Å². The Hall–Kier alpha value is -1.000. The van der Waals surface area contributed by atoms with Gasteiger partial charge in [0.1, 0.15) is 0 Å². The van der Waals surface area contributed by atoms with Gasteiger partial charge in [-0.3, -0.25) is 4.79 Å². The summed E-state index contributed by atoms with van der Waals surface area (Å²) in [4.78, 5) is 10.8. The number of halogens is 1. The van der Waals surface area contributed by atoms with Crippen molar-refractivity contribution < 1.29 is 4.79 Å². The van der Waals surface area contributed by atoms with Crippen molar-refractivity contribution >= 4 is 16.8 Å². The highest BCUT2D eigenvalue weighted by Crippen LogP contribution is 2.06. The van der Waals surface area contributed by atoms with Crippen molar-refractivity contribution in [1.29, 1.82) is 0 Å². The van der Waals surface area contributed by atoms with Crippen LogP contribution in [-0.2, 0) is 4.79 Å². The molecule has 0 aliphatic rings. The van der Waals surface area contributed by atoms with Crippen molar-refractivity contribution in [2.24, 2.45) is 0 Å².